The number of thioether (sulfide) groups is 1. The van der Waals surface area contributed by atoms with E-state index in [1.807, 2.05) is 29.1 Å². The van der Waals surface area contributed by atoms with E-state index >= 15 is 0 Å². The number of nitrogens with one attached hydrogen (secondary N) is 1. The maximum absolute atomic E-state index is 12.4. The molecule has 6 nitrogen and oxygen atoms in total. The van der Waals surface area contributed by atoms with Gasteiger partial charge in [-0.25, -0.2) is 0 Å². The number of nitrogens with zero attached hydrogens (tertiary/aromatic N) is 3. The Hall–Kier alpha value is -2.46. The summed E-state index contributed by atoms with van der Waals surface area (Å²) in [4.78, 5) is 13.4. The van der Waals surface area contributed by atoms with Crippen LogP contribution in [0.4, 0.5) is 14.5 Å². The maximum Gasteiger partial charge on any atom is 0.387 e. The average molecular weight is 410 g/mol. The Bertz CT molecular complexity index is 898. The number of halogens is 2. The highest BCUT2D eigenvalue weighted by Crippen LogP contribution is 2.28. The molecule has 0 fully saturated rings. The van der Waals surface area contributed by atoms with Crippen molar-refractivity contribution in [1.82, 2.24) is 14.8 Å². The van der Waals surface area contributed by atoms with E-state index in [9.17, 15) is 13.6 Å². The molecule has 0 radical (unpaired) electrons. The van der Waals surface area contributed by atoms with E-state index in [0.29, 0.717) is 10.8 Å². The van der Waals surface area contributed by atoms with Crippen molar-refractivity contribution in [1.29, 1.82) is 0 Å². The number of thiophene rings is 1. The van der Waals surface area contributed by atoms with Crippen LogP contribution >= 0.6 is 23.1 Å². The number of carbonyl (C=O) groups excluding carboxylic acids is 1. The van der Waals surface area contributed by atoms with Gasteiger partial charge in [-0.15, -0.1) is 21.5 Å². The molecule has 0 saturated heterocycles. The van der Waals surface area contributed by atoms with Gasteiger partial charge in [0.05, 0.1) is 10.1 Å². The molecule has 142 valence electrons. The van der Waals surface area contributed by atoms with Crippen molar-refractivity contribution in [3.63, 3.8) is 0 Å². The van der Waals surface area contributed by atoms with Gasteiger partial charge in [-0.2, -0.15) is 8.78 Å². The van der Waals surface area contributed by atoms with Crippen molar-refractivity contribution in [2.75, 3.05) is 5.32 Å². The number of ether oxygens (including phenoxy) is 1. The highest BCUT2D eigenvalue weighted by atomic mass is 32.2. The van der Waals surface area contributed by atoms with Crippen LogP contribution in [0.2, 0.25) is 0 Å². The molecule has 2 aromatic heterocycles. The largest absolute Gasteiger partial charge is 0.435 e. The minimum absolute atomic E-state index is 0.0330. The van der Waals surface area contributed by atoms with Crippen molar-refractivity contribution in [2.45, 2.75) is 23.9 Å². The molecule has 3 rings (SSSR count). The van der Waals surface area contributed by atoms with E-state index in [0.717, 1.165) is 10.7 Å². The summed E-state index contributed by atoms with van der Waals surface area (Å²) in [6, 6.07) is 9.65. The predicted octanol–water partition coefficient (Wildman–Crippen LogP) is 4.26. The number of aromatic nitrogens is 3. The van der Waals surface area contributed by atoms with Crippen LogP contribution in [-0.4, -0.2) is 32.5 Å². The van der Waals surface area contributed by atoms with Crippen molar-refractivity contribution < 1.29 is 18.3 Å². The summed E-state index contributed by atoms with van der Waals surface area (Å²) in [7, 11) is 1.85. The Kier molecular flexibility index (Phi) is 6.07. The van der Waals surface area contributed by atoms with E-state index in [1.165, 1.54) is 36.0 Å². The molecule has 27 heavy (non-hydrogen) atoms. The molecule has 10 heteroatoms. The summed E-state index contributed by atoms with van der Waals surface area (Å²) in [6.45, 7) is -1.12. The van der Waals surface area contributed by atoms with Gasteiger partial charge in [-0.3, -0.25) is 4.79 Å². The SMILES string of the molecule is CC(Sc1nnc(-c2cccs2)n1C)C(=O)Nc1ccc(OC(F)F)cc1. The van der Waals surface area contributed by atoms with Crippen molar-refractivity contribution >= 4 is 34.7 Å². The van der Waals surface area contributed by atoms with E-state index < -0.39 is 11.9 Å². The fourth-order valence-electron chi connectivity index (χ4n) is 2.21. The molecule has 0 spiro atoms. The van der Waals surface area contributed by atoms with Crippen LogP contribution in [-0.2, 0) is 11.8 Å². The van der Waals surface area contributed by atoms with E-state index in [4.69, 9.17) is 0 Å². The van der Waals surface area contributed by atoms with Gasteiger partial charge in [0.15, 0.2) is 11.0 Å². The van der Waals surface area contributed by atoms with Crippen LogP contribution in [0.5, 0.6) is 5.75 Å². The monoisotopic (exact) mass is 410 g/mol. The lowest BCUT2D eigenvalue weighted by Gasteiger charge is -2.12. The lowest BCUT2D eigenvalue weighted by atomic mass is 10.3. The number of amides is 1. The van der Waals surface area contributed by atoms with Gasteiger partial charge in [-0.1, -0.05) is 17.8 Å². The zero-order valence-corrected chi connectivity index (χ0v) is 16.1. The third kappa shape index (κ3) is 4.83. The summed E-state index contributed by atoms with van der Waals surface area (Å²) in [5.74, 6) is 0.545. The maximum atomic E-state index is 12.4. The smallest absolute Gasteiger partial charge is 0.387 e. The Morgan fingerprint density at radius 1 is 1.26 bits per heavy atom. The number of rotatable bonds is 7. The van der Waals surface area contributed by atoms with E-state index in [1.54, 1.807) is 18.3 Å². The molecule has 2 heterocycles. The van der Waals surface area contributed by atoms with Gasteiger partial charge in [0, 0.05) is 12.7 Å². The van der Waals surface area contributed by atoms with Crippen LogP contribution in [0.3, 0.4) is 0 Å². The summed E-state index contributed by atoms with van der Waals surface area (Å²) in [5, 5.41) is 13.2. The molecule has 0 aliphatic heterocycles. The molecule has 1 atom stereocenters. The third-order valence-electron chi connectivity index (χ3n) is 3.57. The lowest BCUT2D eigenvalue weighted by molar-refractivity contribution is -0.115. The second-order valence-corrected chi connectivity index (χ2v) is 7.75. The number of carbonyl (C=O) groups is 1. The first-order valence-corrected chi connectivity index (χ1v) is 9.65. The number of alkyl halides is 2. The molecule has 0 saturated carbocycles. The van der Waals surface area contributed by atoms with Crippen molar-refractivity contribution in [2.24, 2.45) is 7.05 Å². The normalized spacial score (nSPS) is 12.2. The zero-order valence-electron chi connectivity index (χ0n) is 14.4. The third-order valence-corrected chi connectivity index (χ3v) is 5.57. The lowest BCUT2D eigenvalue weighted by Crippen LogP contribution is -2.22. The van der Waals surface area contributed by atoms with E-state index in [2.05, 4.69) is 20.3 Å². The van der Waals surface area contributed by atoms with Gasteiger partial charge < -0.3 is 14.6 Å². The van der Waals surface area contributed by atoms with Crippen molar-refractivity contribution in [3.05, 3.63) is 41.8 Å². The molecule has 1 unspecified atom stereocenters. The molecular weight excluding hydrogens is 394 g/mol. The van der Waals surface area contributed by atoms with Crippen LogP contribution in [0.1, 0.15) is 6.92 Å². The Labute approximate surface area is 162 Å². The molecule has 1 amide bonds. The van der Waals surface area contributed by atoms with Gasteiger partial charge in [0.1, 0.15) is 5.75 Å². The highest BCUT2D eigenvalue weighted by Gasteiger charge is 2.20. The Balaban J connectivity index is 1.61. The topological polar surface area (TPSA) is 69.0 Å². The second kappa shape index (κ2) is 8.49. The number of hydrogen-bond donors (Lipinski definition) is 1. The highest BCUT2D eigenvalue weighted by molar-refractivity contribution is 8.00. The van der Waals surface area contributed by atoms with Crippen LogP contribution in [0.15, 0.2) is 46.9 Å². The van der Waals surface area contributed by atoms with Crippen LogP contribution < -0.4 is 10.1 Å². The number of benzene rings is 1. The molecule has 3 aromatic rings. The standard InChI is InChI=1S/C17H16F2N4O2S2/c1-10(15(24)20-11-5-7-12(8-6-11)25-16(18)19)27-17-22-21-14(23(17)2)13-4-3-9-26-13/h3-10,16H,1-2H3,(H,20,24). The Morgan fingerprint density at radius 2 is 2.00 bits per heavy atom. The van der Waals surface area contributed by atoms with Gasteiger partial charge in [0.25, 0.3) is 0 Å². The molecular formula is C17H16F2N4O2S2. The fourth-order valence-corrected chi connectivity index (χ4v) is 3.77. The summed E-state index contributed by atoms with van der Waals surface area (Å²) < 4.78 is 30.4. The second-order valence-electron chi connectivity index (χ2n) is 5.49. The first kappa shape index (κ1) is 19.3. The molecule has 0 bridgehead atoms. The van der Waals surface area contributed by atoms with Crippen LogP contribution in [0.25, 0.3) is 10.7 Å². The van der Waals surface area contributed by atoms with Gasteiger partial charge >= 0.3 is 6.61 Å². The molecule has 1 N–H and O–H groups in total. The van der Waals surface area contributed by atoms with E-state index in [-0.39, 0.29) is 11.7 Å². The minimum atomic E-state index is -2.88. The number of hydrogen-bond acceptors (Lipinski definition) is 6. The number of anilines is 1. The Morgan fingerprint density at radius 3 is 2.63 bits per heavy atom. The average Bonchev–Trinajstić information content (AvgIpc) is 3.27. The van der Waals surface area contributed by atoms with Crippen LogP contribution in [0, 0.1) is 0 Å². The minimum Gasteiger partial charge on any atom is -0.435 e. The quantitative estimate of drug-likeness (QED) is 0.590. The summed E-state index contributed by atoms with van der Waals surface area (Å²) in [6.07, 6.45) is 0. The molecule has 1 aromatic carbocycles. The zero-order chi connectivity index (χ0) is 19.4. The summed E-state index contributed by atoms with van der Waals surface area (Å²) >= 11 is 2.85. The fraction of sp³-hybridized carbons (Fsp3) is 0.235. The van der Waals surface area contributed by atoms with Gasteiger partial charge in [-0.05, 0) is 42.6 Å². The predicted molar refractivity (Wildman–Crippen MR) is 101 cm³/mol. The first-order chi connectivity index (χ1) is 12.9. The molecule has 0 aliphatic rings. The summed E-state index contributed by atoms with van der Waals surface area (Å²) in [5.41, 5.74) is 0.492. The first-order valence-electron chi connectivity index (χ1n) is 7.89. The van der Waals surface area contributed by atoms with Gasteiger partial charge in [0.2, 0.25) is 5.91 Å². The van der Waals surface area contributed by atoms with Crippen molar-refractivity contribution in [3.8, 4) is 16.5 Å². The molecule has 0 aliphatic carbocycles.